The fourth-order valence-corrected chi connectivity index (χ4v) is 0.478. The zero-order chi connectivity index (χ0) is 6.57. The van der Waals surface area contributed by atoms with Gasteiger partial charge in [0.05, 0.1) is 6.61 Å². The SMILES string of the molecule is CC(C)COC(C)Br. The summed E-state index contributed by atoms with van der Waals surface area (Å²) in [5, 5.41) is 0.199. The van der Waals surface area contributed by atoms with Gasteiger partial charge in [-0.3, -0.25) is 0 Å². The smallest absolute Gasteiger partial charge is 0.109 e. The van der Waals surface area contributed by atoms with Crippen molar-refractivity contribution in [3.8, 4) is 0 Å². The zero-order valence-corrected chi connectivity index (χ0v) is 7.23. The van der Waals surface area contributed by atoms with Gasteiger partial charge in [-0.15, -0.1) is 0 Å². The standard InChI is InChI=1S/C6H13BrO/c1-5(2)4-8-6(3)7/h5-6H,4H2,1-3H3. The molecule has 0 aromatic rings. The van der Waals surface area contributed by atoms with E-state index >= 15 is 0 Å². The molecule has 0 N–H and O–H groups in total. The van der Waals surface area contributed by atoms with Crippen LogP contribution in [0.3, 0.4) is 0 Å². The van der Waals surface area contributed by atoms with Crippen LogP contribution in [0.25, 0.3) is 0 Å². The molecule has 0 aliphatic carbocycles. The minimum atomic E-state index is 0.199. The van der Waals surface area contributed by atoms with Crippen LogP contribution in [0.2, 0.25) is 0 Å². The second-order valence-electron chi connectivity index (χ2n) is 2.27. The first-order valence-corrected chi connectivity index (χ1v) is 3.80. The van der Waals surface area contributed by atoms with Crippen molar-refractivity contribution in [2.75, 3.05) is 6.61 Å². The van der Waals surface area contributed by atoms with E-state index in [2.05, 4.69) is 29.8 Å². The van der Waals surface area contributed by atoms with E-state index in [1.54, 1.807) is 0 Å². The molecule has 0 heterocycles. The number of ether oxygens (including phenoxy) is 1. The van der Waals surface area contributed by atoms with E-state index in [0.29, 0.717) is 5.92 Å². The van der Waals surface area contributed by atoms with Gasteiger partial charge in [-0.1, -0.05) is 29.8 Å². The highest BCUT2D eigenvalue weighted by Gasteiger charge is 1.96. The van der Waals surface area contributed by atoms with Gasteiger partial charge < -0.3 is 4.74 Å². The molecular formula is C6H13BrO. The third-order valence-electron chi connectivity index (χ3n) is 0.659. The first-order chi connectivity index (χ1) is 3.63. The Morgan fingerprint density at radius 3 is 2.00 bits per heavy atom. The van der Waals surface area contributed by atoms with Crippen molar-refractivity contribution in [1.82, 2.24) is 0 Å². The van der Waals surface area contributed by atoms with Gasteiger partial charge in [-0.25, -0.2) is 0 Å². The van der Waals surface area contributed by atoms with E-state index in [9.17, 15) is 0 Å². The summed E-state index contributed by atoms with van der Waals surface area (Å²) in [6, 6.07) is 0. The highest BCUT2D eigenvalue weighted by molar-refractivity contribution is 9.09. The normalized spacial score (nSPS) is 14.6. The van der Waals surface area contributed by atoms with Gasteiger partial charge in [-0.2, -0.15) is 0 Å². The minimum Gasteiger partial charge on any atom is -0.367 e. The number of alkyl halides is 1. The molecule has 0 rings (SSSR count). The average molecular weight is 181 g/mol. The fourth-order valence-electron chi connectivity index (χ4n) is 0.325. The molecule has 0 aliphatic rings. The van der Waals surface area contributed by atoms with Crippen LogP contribution in [0, 0.1) is 5.92 Å². The predicted octanol–water partition coefficient (Wildman–Crippen LogP) is 2.40. The molecule has 0 aromatic carbocycles. The monoisotopic (exact) mass is 180 g/mol. The van der Waals surface area contributed by atoms with Crippen LogP contribution >= 0.6 is 15.9 Å². The summed E-state index contributed by atoms with van der Waals surface area (Å²) in [4.78, 5) is 0. The lowest BCUT2D eigenvalue weighted by atomic mass is 10.2. The van der Waals surface area contributed by atoms with Crippen LogP contribution in [0.5, 0.6) is 0 Å². The van der Waals surface area contributed by atoms with Gasteiger partial charge >= 0.3 is 0 Å². The molecule has 1 unspecified atom stereocenters. The Kier molecular flexibility index (Phi) is 4.57. The van der Waals surface area contributed by atoms with Gasteiger partial charge in [0.1, 0.15) is 5.01 Å². The average Bonchev–Trinajstić information content (AvgIpc) is 1.61. The molecule has 0 saturated carbocycles. The second-order valence-corrected chi connectivity index (χ2v) is 3.56. The van der Waals surface area contributed by atoms with E-state index in [-0.39, 0.29) is 5.01 Å². The van der Waals surface area contributed by atoms with Crippen LogP contribution in [-0.2, 0) is 4.74 Å². The van der Waals surface area contributed by atoms with E-state index in [1.807, 2.05) is 6.92 Å². The molecule has 0 bridgehead atoms. The number of halogens is 1. The van der Waals surface area contributed by atoms with E-state index in [4.69, 9.17) is 4.74 Å². The van der Waals surface area contributed by atoms with Gasteiger partial charge in [-0.05, 0) is 12.8 Å². The third kappa shape index (κ3) is 6.44. The van der Waals surface area contributed by atoms with Gasteiger partial charge in [0, 0.05) is 0 Å². The number of rotatable bonds is 3. The summed E-state index contributed by atoms with van der Waals surface area (Å²) >= 11 is 3.28. The first kappa shape index (κ1) is 8.44. The molecule has 0 spiro atoms. The largest absolute Gasteiger partial charge is 0.367 e. The highest BCUT2D eigenvalue weighted by Crippen LogP contribution is 2.02. The lowest BCUT2D eigenvalue weighted by Gasteiger charge is -2.07. The molecule has 0 saturated heterocycles. The summed E-state index contributed by atoms with van der Waals surface area (Å²) in [5.41, 5.74) is 0. The van der Waals surface area contributed by atoms with E-state index in [0.717, 1.165) is 6.61 Å². The summed E-state index contributed by atoms with van der Waals surface area (Å²) < 4.78 is 5.22. The molecule has 8 heavy (non-hydrogen) atoms. The van der Waals surface area contributed by atoms with E-state index in [1.165, 1.54) is 0 Å². The highest BCUT2D eigenvalue weighted by atomic mass is 79.9. The Morgan fingerprint density at radius 1 is 1.38 bits per heavy atom. The Balaban J connectivity index is 2.93. The lowest BCUT2D eigenvalue weighted by molar-refractivity contribution is 0.104. The van der Waals surface area contributed by atoms with Gasteiger partial charge in [0.25, 0.3) is 0 Å². The Bertz CT molecular complexity index is 44.5. The van der Waals surface area contributed by atoms with Gasteiger partial charge in [0.15, 0.2) is 0 Å². The molecule has 0 aliphatic heterocycles. The number of hydrogen-bond donors (Lipinski definition) is 0. The summed E-state index contributed by atoms with van der Waals surface area (Å²) in [6.07, 6.45) is 0. The van der Waals surface area contributed by atoms with Gasteiger partial charge in [0.2, 0.25) is 0 Å². The summed E-state index contributed by atoms with van der Waals surface area (Å²) in [6.45, 7) is 7.08. The molecule has 2 heteroatoms. The van der Waals surface area contributed by atoms with Crippen molar-refractivity contribution in [3.63, 3.8) is 0 Å². The molecule has 0 amide bonds. The quantitative estimate of drug-likeness (QED) is 0.607. The van der Waals surface area contributed by atoms with Crippen molar-refractivity contribution < 1.29 is 4.74 Å². The van der Waals surface area contributed by atoms with Crippen molar-refractivity contribution in [2.45, 2.75) is 25.8 Å². The Morgan fingerprint density at radius 2 is 1.88 bits per heavy atom. The second kappa shape index (κ2) is 4.33. The maximum atomic E-state index is 5.22. The molecule has 1 atom stereocenters. The third-order valence-corrected chi connectivity index (χ3v) is 0.924. The van der Waals surface area contributed by atoms with Crippen molar-refractivity contribution in [3.05, 3.63) is 0 Å². The molecule has 0 fully saturated rings. The van der Waals surface area contributed by atoms with Crippen molar-refractivity contribution in [2.24, 2.45) is 5.92 Å². The van der Waals surface area contributed by atoms with Crippen LogP contribution in [0.15, 0.2) is 0 Å². The summed E-state index contributed by atoms with van der Waals surface area (Å²) in [7, 11) is 0. The Labute approximate surface area is 59.5 Å². The van der Waals surface area contributed by atoms with Crippen LogP contribution in [0.1, 0.15) is 20.8 Å². The Hall–Kier alpha value is 0.440. The molecule has 0 radical (unpaired) electrons. The topological polar surface area (TPSA) is 9.23 Å². The van der Waals surface area contributed by atoms with Crippen LogP contribution < -0.4 is 0 Å². The number of hydrogen-bond acceptors (Lipinski definition) is 1. The van der Waals surface area contributed by atoms with Crippen LogP contribution in [0.4, 0.5) is 0 Å². The first-order valence-electron chi connectivity index (χ1n) is 2.88. The maximum absolute atomic E-state index is 5.22. The predicted molar refractivity (Wildman–Crippen MR) is 39.2 cm³/mol. The van der Waals surface area contributed by atoms with Crippen molar-refractivity contribution >= 4 is 15.9 Å². The molecule has 1 nitrogen and oxygen atoms in total. The van der Waals surface area contributed by atoms with Crippen LogP contribution in [-0.4, -0.2) is 11.6 Å². The zero-order valence-electron chi connectivity index (χ0n) is 5.65. The minimum absolute atomic E-state index is 0.199. The lowest BCUT2D eigenvalue weighted by Crippen LogP contribution is -2.05. The molecular weight excluding hydrogens is 168 g/mol. The van der Waals surface area contributed by atoms with Crippen molar-refractivity contribution in [1.29, 1.82) is 0 Å². The van der Waals surface area contributed by atoms with E-state index < -0.39 is 0 Å². The fraction of sp³-hybridized carbons (Fsp3) is 1.00. The molecule has 50 valence electrons. The maximum Gasteiger partial charge on any atom is 0.109 e. The summed E-state index contributed by atoms with van der Waals surface area (Å²) in [5.74, 6) is 0.634. The molecule has 0 aromatic heterocycles.